The van der Waals surface area contributed by atoms with E-state index >= 15 is 0 Å². The highest BCUT2D eigenvalue weighted by molar-refractivity contribution is 5.93. The molecule has 0 saturated heterocycles. The fourth-order valence-corrected chi connectivity index (χ4v) is 2.45. The van der Waals surface area contributed by atoms with Crippen LogP contribution in [0.25, 0.3) is 11.3 Å². The van der Waals surface area contributed by atoms with Crippen molar-refractivity contribution < 1.29 is 9.53 Å². The number of nitrogens with zero attached hydrogens (tertiary/aromatic N) is 3. The van der Waals surface area contributed by atoms with Gasteiger partial charge in [0.05, 0.1) is 18.5 Å². The molecule has 1 aromatic carbocycles. The van der Waals surface area contributed by atoms with Crippen molar-refractivity contribution in [2.45, 2.75) is 19.4 Å². The van der Waals surface area contributed by atoms with E-state index in [4.69, 9.17) is 4.74 Å². The zero-order chi connectivity index (χ0) is 17.6. The van der Waals surface area contributed by atoms with Gasteiger partial charge in [0, 0.05) is 36.6 Å². The van der Waals surface area contributed by atoms with Crippen LogP contribution in [0.1, 0.15) is 23.1 Å². The van der Waals surface area contributed by atoms with Crippen LogP contribution in [-0.4, -0.2) is 39.2 Å². The quantitative estimate of drug-likeness (QED) is 0.719. The second-order valence-electron chi connectivity index (χ2n) is 5.67. The van der Waals surface area contributed by atoms with Crippen molar-refractivity contribution in [1.29, 1.82) is 0 Å². The van der Waals surface area contributed by atoms with Crippen molar-refractivity contribution in [2.24, 2.45) is 0 Å². The van der Waals surface area contributed by atoms with E-state index in [1.807, 2.05) is 31.2 Å². The molecule has 0 saturated carbocycles. The number of H-pyrrole nitrogens is 1. The summed E-state index contributed by atoms with van der Waals surface area (Å²) in [5.74, 6) is 0.568. The van der Waals surface area contributed by atoms with Gasteiger partial charge in [0.1, 0.15) is 11.4 Å². The Morgan fingerprint density at radius 1 is 1.28 bits per heavy atom. The number of benzene rings is 1. The summed E-state index contributed by atoms with van der Waals surface area (Å²) in [5.41, 5.74) is 2.86. The summed E-state index contributed by atoms with van der Waals surface area (Å²) in [4.78, 5) is 20.6. The summed E-state index contributed by atoms with van der Waals surface area (Å²) < 4.78 is 5.14. The van der Waals surface area contributed by atoms with Gasteiger partial charge < -0.3 is 10.1 Å². The van der Waals surface area contributed by atoms with Crippen LogP contribution in [0.4, 0.5) is 0 Å². The van der Waals surface area contributed by atoms with Crippen LogP contribution in [0.5, 0.6) is 5.75 Å². The molecule has 0 aliphatic heterocycles. The molecule has 3 rings (SSSR count). The van der Waals surface area contributed by atoms with E-state index in [-0.39, 0.29) is 11.9 Å². The third-order valence-electron chi connectivity index (χ3n) is 3.72. The van der Waals surface area contributed by atoms with E-state index in [9.17, 15) is 4.79 Å². The molecule has 0 spiro atoms. The van der Waals surface area contributed by atoms with Crippen LogP contribution in [0.3, 0.4) is 0 Å². The Kier molecular flexibility index (Phi) is 5.03. The summed E-state index contributed by atoms with van der Waals surface area (Å²) in [6.07, 6.45) is 5.57. The number of nitrogens with one attached hydrogen (secondary N) is 2. The number of rotatable bonds is 6. The lowest BCUT2D eigenvalue weighted by atomic mass is 10.1. The Hall–Kier alpha value is -3.22. The van der Waals surface area contributed by atoms with E-state index in [2.05, 4.69) is 25.5 Å². The largest absolute Gasteiger partial charge is 0.497 e. The number of hydrogen-bond donors (Lipinski definition) is 2. The first-order valence-electron chi connectivity index (χ1n) is 7.91. The number of aromatic amines is 1. The molecule has 25 heavy (non-hydrogen) atoms. The van der Waals surface area contributed by atoms with Crippen LogP contribution in [0.2, 0.25) is 0 Å². The Morgan fingerprint density at radius 2 is 2.08 bits per heavy atom. The molecule has 128 valence electrons. The molecule has 0 unspecified atom stereocenters. The summed E-state index contributed by atoms with van der Waals surface area (Å²) in [6, 6.07) is 9.16. The number of hydrogen-bond acceptors (Lipinski definition) is 5. The number of methoxy groups -OCH3 is 1. The zero-order valence-electron chi connectivity index (χ0n) is 14.1. The second-order valence-corrected chi connectivity index (χ2v) is 5.67. The predicted octanol–water partition coefficient (Wildman–Crippen LogP) is 2.24. The van der Waals surface area contributed by atoms with Gasteiger partial charge >= 0.3 is 0 Å². The molecule has 3 aromatic rings. The number of aromatic nitrogens is 4. The Balaban J connectivity index is 1.63. The average molecular weight is 337 g/mol. The van der Waals surface area contributed by atoms with Crippen LogP contribution in [0.15, 0.2) is 48.9 Å². The molecular weight excluding hydrogens is 318 g/mol. The lowest BCUT2D eigenvalue weighted by Crippen LogP contribution is -2.34. The predicted molar refractivity (Wildman–Crippen MR) is 93.2 cm³/mol. The van der Waals surface area contributed by atoms with Gasteiger partial charge in [0.2, 0.25) is 0 Å². The smallest absolute Gasteiger partial charge is 0.269 e. The van der Waals surface area contributed by atoms with E-state index < -0.39 is 0 Å². The van der Waals surface area contributed by atoms with Gasteiger partial charge in [-0.2, -0.15) is 5.10 Å². The molecule has 0 bridgehead atoms. The highest BCUT2D eigenvalue weighted by atomic mass is 16.5. The molecule has 1 amide bonds. The third-order valence-corrected chi connectivity index (χ3v) is 3.72. The van der Waals surface area contributed by atoms with Gasteiger partial charge in [-0.25, -0.2) is 0 Å². The lowest BCUT2D eigenvalue weighted by molar-refractivity contribution is 0.0935. The highest BCUT2D eigenvalue weighted by Gasteiger charge is 2.14. The SMILES string of the molecule is COc1ccc(-c2cc(C(=O)N[C@@H](C)Cc3cnccn3)[nH]n2)cc1. The number of amides is 1. The summed E-state index contributed by atoms with van der Waals surface area (Å²) in [7, 11) is 1.62. The average Bonchev–Trinajstić information content (AvgIpc) is 3.13. The minimum Gasteiger partial charge on any atom is -0.497 e. The monoisotopic (exact) mass is 337 g/mol. The first-order chi connectivity index (χ1) is 12.2. The van der Waals surface area contributed by atoms with E-state index in [1.54, 1.807) is 31.8 Å². The maximum Gasteiger partial charge on any atom is 0.269 e. The van der Waals surface area contributed by atoms with Gasteiger partial charge in [0.15, 0.2) is 0 Å². The first kappa shape index (κ1) is 16.6. The Morgan fingerprint density at radius 3 is 2.76 bits per heavy atom. The second kappa shape index (κ2) is 7.57. The molecule has 7 heteroatoms. The molecule has 7 nitrogen and oxygen atoms in total. The molecule has 2 heterocycles. The minimum atomic E-state index is -0.205. The van der Waals surface area contributed by atoms with Gasteiger partial charge in [-0.3, -0.25) is 19.9 Å². The first-order valence-corrected chi connectivity index (χ1v) is 7.91. The lowest BCUT2D eigenvalue weighted by Gasteiger charge is -2.12. The number of carbonyl (C=O) groups excluding carboxylic acids is 1. The van der Waals surface area contributed by atoms with E-state index in [0.29, 0.717) is 17.8 Å². The van der Waals surface area contributed by atoms with Gasteiger partial charge in [-0.05, 0) is 37.3 Å². The molecule has 0 fully saturated rings. The Bertz CT molecular complexity index is 830. The number of carbonyl (C=O) groups is 1. The summed E-state index contributed by atoms with van der Waals surface area (Å²) in [5, 5.41) is 9.92. The minimum absolute atomic E-state index is 0.0723. The molecule has 0 aliphatic carbocycles. The van der Waals surface area contributed by atoms with Gasteiger partial charge in [0.25, 0.3) is 5.91 Å². The maximum atomic E-state index is 12.4. The fraction of sp³-hybridized carbons (Fsp3) is 0.222. The van der Waals surface area contributed by atoms with Crippen molar-refractivity contribution >= 4 is 5.91 Å². The van der Waals surface area contributed by atoms with Crippen LogP contribution < -0.4 is 10.1 Å². The topological polar surface area (TPSA) is 92.8 Å². The van der Waals surface area contributed by atoms with Crippen LogP contribution in [-0.2, 0) is 6.42 Å². The molecule has 2 N–H and O–H groups in total. The van der Waals surface area contributed by atoms with Crippen molar-refractivity contribution in [3.05, 3.63) is 60.3 Å². The molecular formula is C18H19N5O2. The molecule has 1 atom stereocenters. The van der Waals surface area contributed by atoms with Crippen LogP contribution >= 0.6 is 0 Å². The molecule has 2 aromatic heterocycles. The zero-order valence-corrected chi connectivity index (χ0v) is 14.1. The van der Waals surface area contributed by atoms with E-state index in [0.717, 1.165) is 17.0 Å². The van der Waals surface area contributed by atoms with Gasteiger partial charge in [-0.15, -0.1) is 0 Å². The maximum absolute atomic E-state index is 12.4. The fourth-order valence-electron chi connectivity index (χ4n) is 2.45. The van der Waals surface area contributed by atoms with Crippen molar-refractivity contribution in [3.63, 3.8) is 0 Å². The van der Waals surface area contributed by atoms with Crippen LogP contribution in [0, 0.1) is 0 Å². The van der Waals surface area contributed by atoms with Crippen molar-refractivity contribution in [3.8, 4) is 17.0 Å². The highest BCUT2D eigenvalue weighted by Crippen LogP contribution is 2.21. The van der Waals surface area contributed by atoms with Crippen molar-refractivity contribution in [1.82, 2.24) is 25.5 Å². The Labute approximate surface area is 145 Å². The summed E-state index contributed by atoms with van der Waals surface area (Å²) in [6.45, 7) is 1.92. The van der Waals surface area contributed by atoms with E-state index in [1.165, 1.54) is 0 Å². The standard InChI is InChI=1S/C18H19N5O2/c1-12(9-14-11-19-7-8-20-14)21-18(24)17-10-16(22-23-17)13-3-5-15(25-2)6-4-13/h3-8,10-12H,9H2,1-2H3,(H,21,24)(H,22,23)/t12-/m0/s1. The van der Waals surface area contributed by atoms with Crippen molar-refractivity contribution in [2.75, 3.05) is 7.11 Å². The molecule has 0 radical (unpaired) electrons. The molecule has 0 aliphatic rings. The van der Waals surface area contributed by atoms with Gasteiger partial charge in [-0.1, -0.05) is 0 Å². The summed E-state index contributed by atoms with van der Waals surface area (Å²) >= 11 is 0. The number of ether oxygens (including phenoxy) is 1. The third kappa shape index (κ3) is 4.20. The normalized spacial score (nSPS) is 11.8.